The van der Waals surface area contributed by atoms with Crippen LogP contribution in [0.1, 0.15) is 15.9 Å². The minimum absolute atomic E-state index is 0.200. The number of imidazole rings is 1. The smallest absolute Gasteiger partial charge is 0.328 e. The van der Waals surface area contributed by atoms with Crippen LogP contribution in [0, 0.1) is 0 Å². The monoisotopic (exact) mass is 468 g/mol. The summed E-state index contributed by atoms with van der Waals surface area (Å²) >= 11 is 12.0. The number of aromatic amines is 1. The van der Waals surface area contributed by atoms with E-state index in [1.165, 1.54) is 7.11 Å². The number of methoxy groups -OCH3 is 1. The molecular weight excluding hydrogens is 451 g/mol. The van der Waals surface area contributed by atoms with E-state index in [1.54, 1.807) is 42.6 Å². The van der Waals surface area contributed by atoms with E-state index < -0.39 is 17.9 Å². The van der Waals surface area contributed by atoms with Gasteiger partial charge in [0.1, 0.15) is 11.7 Å². The van der Waals surface area contributed by atoms with Gasteiger partial charge in [-0.1, -0.05) is 35.3 Å². The standard InChI is InChI=1S/C23H18Cl2N4O3/c1-32-23(31)20(11-13-5-7-15(24)16(25)10-13)29-22(30)14-6-8-17-19(12-14)28-21(27-17)18-4-2-3-9-26-18/h2-10,12,20H,11H2,1H3,(H,27,28)(H,29,30)/t20-/m0/s1. The van der Waals surface area contributed by atoms with Crippen LogP contribution in [0.4, 0.5) is 0 Å². The summed E-state index contributed by atoms with van der Waals surface area (Å²) in [5.74, 6) is -0.383. The third kappa shape index (κ3) is 4.74. The van der Waals surface area contributed by atoms with Gasteiger partial charge in [-0.15, -0.1) is 0 Å². The maximum absolute atomic E-state index is 12.9. The van der Waals surface area contributed by atoms with Crippen molar-refractivity contribution in [3.63, 3.8) is 0 Å². The van der Waals surface area contributed by atoms with E-state index in [4.69, 9.17) is 27.9 Å². The zero-order chi connectivity index (χ0) is 22.7. The third-order valence-corrected chi connectivity index (χ3v) is 5.61. The number of esters is 1. The normalized spacial score (nSPS) is 11.8. The maximum Gasteiger partial charge on any atom is 0.328 e. The number of nitrogens with zero attached hydrogens (tertiary/aromatic N) is 2. The van der Waals surface area contributed by atoms with Crippen molar-refractivity contribution in [2.24, 2.45) is 0 Å². The fraction of sp³-hybridized carbons (Fsp3) is 0.130. The molecule has 0 aliphatic rings. The van der Waals surface area contributed by atoms with Crippen LogP contribution in [0.2, 0.25) is 10.0 Å². The van der Waals surface area contributed by atoms with Gasteiger partial charge in [0.2, 0.25) is 0 Å². The summed E-state index contributed by atoms with van der Waals surface area (Å²) in [7, 11) is 1.27. The Hall–Kier alpha value is -3.42. The topological polar surface area (TPSA) is 97.0 Å². The number of amides is 1. The number of halogens is 2. The van der Waals surface area contributed by atoms with E-state index in [-0.39, 0.29) is 6.42 Å². The van der Waals surface area contributed by atoms with Crippen molar-refractivity contribution in [3.05, 3.63) is 82.0 Å². The Balaban J connectivity index is 1.55. The first kappa shape index (κ1) is 21.8. The average Bonchev–Trinajstić information content (AvgIpc) is 3.24. The number of hydrogen-bond acceptors (Lipinski definition) is 5. The van der Waals surface area contributed by atoms with Gasteiger partial charge in [0, 0.05) is 18.2 Å². The Morgan fingerprint density at radius 3 is 2.66 bits per heavy atom. The summed E-state index contributed by atoms with van der Waals surface area (Å²) in [6, 6.07) is 14.7. The summed E-state index contributed by atoms with van der Waals surface area (Å²) in [6.45, 7) is 0. The van der Waals surface area contributed by atoms with Gasteiger partial charge in [-0.3, -0.25) is 9.78 Å². The third-order valence-electron chi connectivity index (χ3n) is 4.87. The molecule has 32 heavy (non-hydrogen) atoms. The van der Waals surface area contributed by atoms with E-state index in [0.717, 1.165) is 5.56 Å². The summed E-state index contributed by atoms with van der Waals surface area (Å²) in [5.41, 5.74) is 3.18. The lowest BCUT2D eigenvalue weighted by molar-refractivity contribution is -0.142. The Bertz CT molecular complexity index is 1290. The lowest BCUT2D eigenvalue weighted by Crippen LogP contribution is -2.43. The van der Waals surface area contributed by atoms with Crippen molar-refractivity contribution in [2.75, 3.05) is 7.11 Å². The van der Waals surface area contributed by atoms with E-state index >= 15 is 0 Å². The molecule has 0 aliphatic carbocycles. The molecule has 0 aliphatic heterocycles. The molecule has 7 nitrogen and oxygen atoms in total. The summed E-state index contributed by atoms with van der Waals surface area (Å²) in [4.78, 5) is 37.1. The number of fused-ring (bicyclic) bond motifs is 1. The van der Waals surface area contributed by atoms with E-state index in [2.05, 4.69) is 20.3 Å². The van der Waals surface area contributed by atoms with Gasteiger partial charge in [0.15, 0.2) is 5.82 Å². The first-order chi connectivity index (χ1) is 15.4. The van der Waals surface area contributed by atoms with Gasteiger partial charge in [-0.05, 0) is 48.0 Å². The van der Waals surface area contributed by atoms with Crippen LogP contribution in [0.25, 0.3) is 22.6 Å². The van der Waals surface area contributed by atoms with Crippen molar-refractivity contribution in [2.45, 2.75) is 12.5 Å². The molecule has 2 aromatic heterocycles. The molecule has 0 fully saturated rings. The van der Waals surface area contributed by atoms with Crippen LogP contribution in [0.15, 0.2) is 60.8 Å². The highest BCUT2D eigenvalue weighted by atomic mass is 35.5. The summed E-state index contributed by atoms with van der Waals surface area (Å²) < 4.78 is 4.86. The van der Waals surface area contributed by atoms with Gasteiger partial charge >= 0.3 is 5.97 Å². The van der Waals surface area contributed by atoms with E-state index in [0.29, 0.717) is 38.2 Å². The molecule has 0 saturated carbocycles. The van der Waals surface area contributed by atoms with E-state index in [1.807, 2.05) is 18.2 Å². The molecule has 4 rings (SSSR count). The second-order valence-electron chi connectivity index (χ2n) is 7.03. The van der Waals surface area contributed by atoms with Crippen molar-refractivity contribution in [3.8, 4) is 11.5 Å². The number of nitrogens with one attached hydrogen (secondary N) is 2. The van der Waals surface area contributed by atoms with Crippen molar-refractivity contribution in [1.82, 2.24) is 20.3 Å². The molecule has 9 heteroatoms. The zero-order valence-corrected chi connectivity index (χ0v) is 18.4. The van der Waals surface area contributed by atoms with Crippen LogP contribution >= 0.6 is 23.2 Å². The molecule has 1 amide bonds. The molecule has 4 aromatic rings. The van der Waals surface area contributed by atoms with Gasteiger partial charge in [0.05, 0.1) is 28.2 Å². The molecule has 0 bridgehead atoms. The van der Waals surface area contributed by atoms with Crippen LogP contribution in [0.5, 0.6) is 0 Å². The minimum Gasteiger partial charge on any atom is -0.467 e. The van der Waals surface area contributed by atoms with Crippen molar-refractivity contribution >= 4 is 46.1 Å². The molecular formula is C23H18Cl2N4O3. The van der Waals surface area contributed by atoms with Gasteiger partial charge in [0.25, 0.3) is 5.91 Å². The van der Waals surface area contributed by atoms with Crippen LogP contribution in [-0.2, 0) is 16.0 Å². The summed E-state index contributed by atoms with van der Waals surface area (Å²) in [5, 5.41) is 3.51. The van der Waals surface area contributed by atoms with Crippen molar-refractivity contribution < 1.29 is 14.3 Å². The number of hydrogen-bond donors (Lipinski definition) is 2. The van der Waals surface area contributed by atoms with Crippen LogP contribution in [-0.4, -0.2) is 40.0 Å². The predicted octanol–water partition coefficient (Wildman–Crippen LogP) is 4.45. The molecule has 162 valence electrons. The highest BCUT2D eigenvalue weighted by Gasteiger charge is 2.23. The highest BCUT2D eigenvalue weighted by Crippen LogP contribution is 2.24. The van der Waals surface area contributed by atoms with Gasteiger partial charge in [-0.25, -0.2) is 9.78 Å². The fourth-order valence-corrected chi connectivity index (χ4v) is 3.58. The quantitative estimate of drug-likeness (QED) is 0.407. The minimum atomic E-state index is -0.897. The molecule has 0 radical (unpaired) electrons. The Morgan fingerprint density at radius 1 is 1.09 bits per heavy atom. The SMILES string of the molecule is COC(=O)[C@H](Cc1ccc(Cl)c(Cl)c1)NC(=O)c1ccc2nc(-c3ccccn3)[nH]c2c1. The largest absolute Gasteiger partial charge is 0.467 e. The second kappa shape index (κ2) is 9.38. The number of ether oxygens (including phenoxy) is 1. The number of H-pyrrole nitrogens is 1. The van der Waals surface area contributed by atoms with Crippen LogP contribution < -0.4 is 5.32 Å². The first-order valence-corrected chi connectivity index (χ1v) is 10.4. The second-order valence-corrected chi connectivity index (χ2v) is 7.85. The van der Waals surface area contributed by atoms with Crippen molar-refractivity contribution in [1.29, 1.82) is 0 Å². The molecule has 2 heterocycles. The maximum atomic E-state index is 12.9. The lowest BCUT2D eigenvalue weighted by Gasteiger charge is -2.17. The predicted molar refractivity (Wildman–Crippen MR) is 123 cm³/mol. The Labute approximate surface area is 193 Å². The van der Waals surface area contributed by atoms with E-state index in [9.17, 15) is 9.59 Å². The Morgan fingerprint density at radius 2 is 1.94 bits per heavy atom. The molecule has 2 N–H and O–H groups in total. The highest BCUT2D eigenvalue weighted by molar-refractivity contribution is 6.42. The number of carbonyl (C=O) groups is 2. The Kier molecular flexibility index (Phi) is 6.39. The number of aromatic nitrogens is 3. The first-order valence-electron chi connectivity index (χ1n) is 9.68. The average molecular weight is 469 g/mol. The molecule has 2 aromatic carbocycles. The molecule has 0 unspecified atom stereocenters. The zero-order valence-electron chi connectivity index (χ0n) is 16.9. The summed E-state index contributed by atoms with van der Waals surface area (Å²) in [6.07, 6.45) is 1.88. The number of carbonyl (C=O) groups excluding carboxylic acids is 2. The van der Waals surface area contributed by atoms with Gasteiger partial charge in [-0.2, -0.15) is 0 Å². The molecule has 0 saturated heterocycles. The molecule has 0 spiro atoms. The number of pyridine rings is 1. The molecule has 1 atom stereocenters. The van der Waals surface area contributed by atoms with Crippen LogP contribution in [0.3, 0.4) is 0 Å². The van der Waals surface area contributed by atoms with Gasteiger partial charge < -0.3 is 15.0 Å². The number of rotatable bonds is 6. The lowest BCUT2D eigenvalue weighted by atomic mass is 10.1. The fourth-order valence-electron chi connectivity index (χ4n) is 3.25. The number of benzene rings is 2.